The van der Waals surface area contributed by atoms with Gasteiger partial charge in [0, 0.05) is 0 Å². The van der Waals surface area contributed by atoms with Crippen LogP contribution < -0.4 is 0 Å². The van der Waals surface area contributed by atoms with Crippen LogP contribution in [0, 0.1) is 0 Å². The van der Waals surface area contributed by atoms with Gasteiger partial charge in [0.2, 0.25) is 0 Å². The Labute approximate surface area is 106 Å². The van der Waals surface area contributed by atoms with Crippen LogP contribution in [-0.2, 0) is 9.53 Å². The summed E-state index contributed by atoms with van der Waals surface area (Å²) in [6.45, 7) is 6.43. The SMILES string of the molecule is CCCCC(=C=C(CCC)CCC)C(=O)OC. The highest BCUT2D eigenvalue weighted by molar-refractivity contribution is 5.88. The molecule has 0 heterocycles. The quantitative estimate of drug-likeness (QED) is 0.356. The van der Waals surface area contributed by atoms with Crippen molar-refractivity contribution in [2.24, 2.45) is 0 Å². The van der Waals surface area contributed by atoms with Gasteiger partial charge in [-0.05, 0) is 31.3 Å². The lowest BCUT2D eigenvalue weighted by molar-refractivity contribution is -0.136. The van der Waals surface area contributed by atoms with Gasteiger partial charge in [-0.1, -0.05) is 40.0 Å². The van der Waals surface area contributed by atoms with E-state index in [2.05, 4.69) is 26.5 Å². The number of hydrogen-bond donors (Lipinski definition) is 0. The van der Waals surface area contributed by atoms with E-state index in [1.807, 2.05) is 0 Å². The Kier molecular flexibility index (Phi) is 9.56. The first kappa shape index (κ1) is 16.0. The number of carbonyl (C=O) groups excluding carboxylic acids is 1. The molecule has 2 heteroatoms. The number of ether oxygens (including phenoxy) is 1. The summed E-state index contributed by atoms with van der Waals surface area (Å²) < 4.78 is 4.81. The topological polar surface area (TPSA) is 26.3 Å². The van der Waals surface area contributed by atoms with Crippen LogP contribution in [0.5, 0.6) is 0 Å². The van der Waals surface area contributed by atoms with E-state index >= 15 is 0 Å². The maximum Gasteiger partial charge on any atom is 0.341 e. The van der Waals surface area contributed by atoms with Crippen molar-refractivity contribution in [2.45, 2.75) is 65.7 Å². The summed E-state index contributed by atoms with van der Waals surface area (Å²) in [7, 11) is 1.44. The van der Waals surface area contributed by atoms with Gasteiger partial charge in [0.05, 0.1) is 12.7 Å². The largest absolute Gasteiger partial charge is 0.465 e. The zero-order valence-corrected chi connectivity index (χ0v) is 11.8. The summed E-state index contributed by atoms with van der Waals surface area (Å²) in [4.78, 5) is 11.6. The molecule has 0 unspecified atom stereocenters. The molecule has 0 aromatic carbocycles. The molecule has 0 aliphatic heterocycles. The zero-order chi connectivity index (χ0) is 13.1. The van der Waals surface area contributed by atoms with E-state index in [0.29, 0.717) is 5.57 Å². The van der Waals surface area contributed by atoms with Gasteiger partial charge >= 0.3 is 5.97 Å². The Morgan fingerprint density at radius 3 is 2.00 bits per heavy atom. The molecule has 0 aliphatic rings. The Balaban J connectivity index is 5.02. The predicted molar refractivity (Wildman–Crippen MR) is 71.9 cm³/mol. The summed E-state index contributed by atoms with van der Waals surface area (Å²) in [5.41, 5.74) is 5.27. The second kappa shape index (κ2) is 10.2. The maximum atomic E-state index is 11.6. The third-order valence-corrected chi connectivity index (χ3v) is 2.64. The second-order valence-electron chi connectivity index (χ2n) is 4.30. The van der Waals surface area contributed by atoms with E-state index in [4.69, 9.17) is 4.74 Å². The second-order valence-corrected chi connectivity index (χ2v) is 4.30. The van der Waals surface area contributed by atoms with E-state index in [-0.39, 0.29) is 5.97 Å². The van der Waals surface area contributed by atoms with E-state index < -0.39 is 0 Å². The van der Waals surface area contributed by atoms with Crippen LogP contribution in [0.3, 0.4) is 0 Å². The fraction of sp³-hybridized carbons (Fsp3) is 0.733. The minimum Gasteiger partial charge on any atom is -0.465 e. The van der Waals surface area contributed by atoms with Gasteiger partial charge in [-0.15, -0.1) is 5.73 Å². The molecule has 0 atom stereocenters. The number of unbranched alkanes of at least 4 members (excludes halogenated alkanes) is 1. The third kappa shape index (κ3) is 7.01. The molecule has 17 heavy (non-hydrogen) atoms. The number of carbonyl (C=O) groups is 1. The summed E-state index contributed by atoms with van der Waals surface area (Å²) in [6, 6.07) is 0. The smallest absolute Gasteiger partial charge is 0.341 e. The molecule has 0 radical (unpaired) electrons. The van der Waals surface area contributed by atoms with Gasteiger partial charge in [-0.2, -0.15) is 0 Å². The van der Waals surface area contributed by atoms with Crippen molar-refractivity contribution in [2.75, 3.05) is 7.11 Å². The van der Waals surface area contributed by atoms with E-state index in [1.165, 1.54) is 12.7 Å². The zero-order valence-electron chi connectivity index (χ0n) is 11.8. The number of rotatable bonds is 8. The van der Waals surface area contributed by atoms with Crippen LogP contribution in [0.4, 0.5) is 0 Å². The molecule has 0 aromatic heterocycles. The van der Waals surface area contributed by atoms with Crippen LogP contribution in [-0.4, -0.2) is 13.1 Å². The fourth-order valence-corrected chi connectivity index (χ4v) is 1.76. The van der Waals surface area contributed by atoms with Crippen molar-refractivity contribution in [3.05, 3.63) is 16.9 Å². The standard InChI is InChI=1S/C15H26O2/c1-5-8-11-14(15(16)17-4)12-13(9-6-2)10-7-3/h5-11H2,1-4H3. The Bertz CT molecular complexity index is 275. The van der Waals surface area contributed by atoms with Crippen molar-refractivity contribution in [3.63, 3.8) is 0 Å². The molecule has 0 saturated carbocycles. The van der Waals surface area contributed by atoms with E-state index in [1.54, 1.807) is 0 Å². The van der Waals surface area contributed by atoms with E-state index in [9.17, 15) is 4.79 Å². The van der Waals surface area contributed by atoms with Crippen molar-refractivity contribution in [1.82, 2.24) is 0 Å². The summed E-state index contributed by atoms with van der Waals surface area (Å²) >= 11 is 0. The summed E-state index contributed by atoms with van der Waals surface area (Å²) in [6.07, 6.45) is 7.14. The lowest BCUT2D eigenvalue weighted by Crippen LogP contribution is -2.04. The number of esters is 1. The molecule has 0 aliphatic carbocycles. The summed E-state index contributed by atoms with van der Waals surface area (Å²) in [5, 5.41) is 0. The van der Waals surface area contributed by atoms with Crippen molar-refractivity contribution < 1.29 is 9.53 Å². The van der Waals surface area contributed by atoms with Gasteiger partial charge in [-0.25, -0.2) is 4.79 Å². The Morgan fingerprint density at radius 2 is 1.59 bits per heavy atom. The van der Waals surface area contributed by atoms with Crippen molar-refractivity contribution in [3.8, 4) is 0 Å². The summed E-state index contributed by atoms with van der Waals surface area (Å²) in [5.74, 6) is -0.219. The monoisotopic (exact) mass is 238 g/mol. The third-order valence-electron chi connectivity index (χ3n) is 2.64. The predicted octanol–water partition coefficient (Wildman–Crippen LogP) is 4.40. The minimum atomic E-state index is -0.219. The van der Waals surface area contributed by atoms with Gasteiger partial charge in [-0.3, -0.25) is 0 Å². The van der Waals surface area contributed by atoms with Crippen molar-refractivity contribution >= 4 is 5.97 Å². The molecular formula is C15H26O2. The first-order valence-corrected chi connectivity index (χ1v) is 6.75. The maximum absolute atomic E-state index is 11.6. The highest BCUT2D eigenvalue weighted by Crippen LogP contribution is 2.15. The molecule has 0 rings (SSSR count). The fourth-order valence-electron chi connectivity index (χ4n) is 1.76. The molecule has 0 aromatic rings. The molecule has 0 spiro atoms. The highest BCUT2D eigenvalue weighted by atomic mass is 16.5. The van der Waals surface area contributed by atoms with Crippen LogP contribution >= 0.6 is 0 Å². The molecule has 0 amide bonds. The lowest BCUT2D eigenvalue weighted by Gasteiger charge is -2.04. The molecule has 98 valence electrons. The Hall–Kier alpha value is -1.01. The average molecular weight is 238 g/mol. The minimum absolute atomic E-state index is 0.219. The van der Waals surface area contributed by atoms with Gasteiger partial charge in [0.25, 0.3) is 0 Å². The van der Waals surface area contributed by atoms with Gasteiger partial charge in [0.1, 0.15) is 0 Å². The number of methoxy groups -OCH3 is 1. The molecule has 0 bridgehead atoms. The Morgan fingerprint density at radius 1 is 1.00 bits per heavy atom. The number of hydrogen-bond acceptors (Lipinski definition) is 2. The van der Waals surface area contributed by atoms with Crippen LogP contribution in [0.25, 0.3) is 0 Å². The molecule has 2 nitrogen and oxygen atoms in total. The van der Waals surface area contributed by atoms with Crippen LogP contribution in [0.2, 0.25) is 0 Å². The van der Waals surface area contributed by atoms with Gasteiger partial charge < -0.3 is 4.74 Å². The first-order chi connectivity index (χ1) is 8.19. The van der Waals surface area contributed by atoms with Crippen LogP contribution in [0.1, 0.15) is 65.7 Å². The van der Waals surface area contributed by atoms with Crippen LogP contribution in [0.15, 0.2) is 16.9 Å². The highest BCUT2D eigenvalue weighted by Gasteiger charge is 2.08. The van der Waals surface area contributed by atoms with E-state index in [0.717, 1.165) is 44.9 Å². The molecular weight excluding hydrogens is 212 g/mol. The molecule has 0 saturated heterocycles. The molecule has 0 N–H and O–H groups in total. The normalized spacial score (nSPS) is 9.65. The van der Waals surface area contributed by atoms with Crippen molar-refractivity contribution in [1.29, 1.82) is 0 Å². The lowest BCUT2D eigenvalue weighted by atomic mass is 10.0. The first-order valence-electron chi connectivity index (χ1n) is 6.75. The molecule has 0 fully saturated rings. The van der Waals surface area contributed by atoms with Gasteiger partial charge in [0.15, 0.2) is 0 Å². The average Bonchev–Trinajstić information content (AvgIpc) is 2.33.